The number of methoxy groups -OCH3 is 2. The Morgan fingerprint density at radius 1 is 1.15 bits per heavy atom. The van der Waals surface area contributed by atoms with E-state index in [1.165, 1.54) is 15.3 Å². The summed E-state index contributed by atoms with van der Waals surface area (Å²) in [7, 11) is 3.26. The summed E-state index contributed by atoms with van der Waals surface area (Å²) in [6, 6.07) is 8.28. The lowest BCUT2D eigenvalue weighted by atomic mass is 10.2. The first-order valence-electron chi connectivity index (χ1n) is 8.86. The number of hydrogen-bond acceptors (Lipinski definition) is 6. The molecule has 0 fully saturated rings. The third-order valence-corrected chi connectivity index (χ3v) is 5.94. The van der Waals surface area contributed by atoms with Crippen molar-refractivity contribution in [1.29, 1.82) is 0 Å². The number of aromatic nitrogens is 2. The summed E-state index contributed by atoms with van der Waals surface area (Å²) in [6.45, 7) is 8.23. The van der Waals surface area contributed by atoms with Crippen LogP contribution in [0.2, 0.25) is 0 Å². The van der Waals surface area contributed by atoms with Gasteiger partial charge in [0.25, 0.3) is 0 Å². The smallest absolute Gasteiger partial charge is 0.162 e. The number of fused-ring (bicyclic) bond motifs is 1. The van der Waals surface area contributed by atoms with Crippen molar-refractivity contribution >= 4 is 33.6 Å². The second-order valence-electron chi connectivity index (χ2n) is 6.38. The Bertz CT molecular complexity index is 995. The Morgan fingerprint density at radius 2 is 1.85 bits per heavy atom. The van der Waals surface area contributed by atoms with Crippen LogP contribution in [0, 0.1) is 6.92 Å². The molecule has 0 saturated carbocycles. The Labute approximate surface area is 164 Å². The lowest BCUT2D eigenvalue weighted by Crippen LogP contribution is -2.08. The molecule has 1 N–H and O–H groups in total. The molecule has 142 valence electrons. The summed E-state index contributed by atoms with van der Waals surface area (Å²) in [5, 5.41) is 4.45. The fraction of sp³-hybridized carbons (Fsp3) is 0.333. The van der Waals surface area contributed by atoms with Crippen molar-refractivity contribution < 1.29 is 9.47 Å². The van der Waals surface area contributed by atoms with Crippen LogP contribution in [0.1, 0.15) is 42.4 Å². The number of benzene rings is 1. The maximum Gasteiger partial charge on any atom is 0.162 e. The lowest BCUT2D eigenvalue weighted by Gasteiger charge is -2.16. The minimum absolute atomic E-state index is 0.124. The largest absolute Gasteiger partial charge is 0.493 e. The average molecular weight is 384 g/mol. The van der Waals surface area contributed by atoms with Gasteiger partial charge in [-0.3, -0.25) is 0 Å². The molecule has 0 bridgehead atoms. The van der Waals surface area contributed by atoms with E-state index in [1.807, 2.05) is 19.1 Å². The van der Waals surface area contributed by atoms with Gasteiger partial charge in [0.1, 0.15) is 11.6 Å². The predicted molar refractivity (Wildman–Crippen MR) is 113 cm³/mol. The molecule has 0 aliphatic heterocycles. The van der Waals surface area contributed by atoms with Gasteiger partial charge in [-0.05, 0) is 51.5 Å². The van der Waals surface area contributed by atoms with Gasteiger partial charge in [0.2, 0.25) is 0 Å². The standard InChI is InChI=1S/C21H25N3O2S/c1-7-12(2)19-8-9-20(27-19)13(3)22-21-15-10-17(25-5)18(26-6)11-16(15)23-14(4)24-21/h7-11,13H,1-6H3,(H,22,23,24)/b12-7+. The van der Waals surface area contributed by atoms with Crippen molar-refractivity contribution in [2.45, 2.75) is 33.7 Å². The molecule has 0 aliphatic carbocycles. The zero-order valence-corrected chi connectivity index (χ0v) is 17.4. The highest BCUT2D eigenvalue weighted by Crippen LogP contribution is 2.36. The number of anilines is 1. The maximum absolute atomic E-state index is 5.45. The summed E-state index contributed by atoms with van der Waals surface area (Å²) in [6.07, 6.45) is 2.13. The first-order chi connectivity index (χ1) is 13.0. The predicted octanol–water partition coefficient (Wildman–Crippen LogP) is 5.61. The molecule has 1 unspecified atom stereocenters. The zero-order chi connectivity index (χ0) is 19.6. The van der Waals surface area contributed by atoms with Crippen molar-refractivity contribution in [3.05, 3.63) is 45.9 Å². The molecular formula is C21H25N3O2S. The van der Waals surface area contributed by atoms with Gasteiger partial charge in [0.05, 0.1) is 25.8 Å². The third-order valence-electron chi connectivity index (χ3n) is 4.54. The monoisotopic (exact) mass is 383 g/mol. The van der Waals surface area contributed by atoms with Gasteiger partial charge in [-0.15, -0.1) is 11.3 Å². The van der Waals surface area contributed by atoms with Crippen LogP contribution in [0.25, 0.3) is 16.5 Å². The van der Waals surface area contributed by atoms with Gasteiger partial charge in [0, 0.05) is 21.2 Å². The van der Waals surface area contributed by atoms with Gasteiger partial charge >= 0.3 is 0 Å². The Kier molecular flexibility index (Phi) is 5.65. The Balaban J connectivity index is 1.99. The fourth-order valence-corrected chi connectivity index (χ4v) is 3.94. The van der Waals surface area contributed by atoms with E-state index in [-0.39, 0.29) is 6.04 Å². The fourth-order valence-electron chi connectivity index (χ4n) is 2.90. The van der Waals surface area contributed by atoms with Crippen molar-refractivity contribution in [1.82, 2.24) is 9.97 Å². The molecule has 3 aromatic rings. The molecule has 2 heterocycles. The molecule has 0 amide bonds. The molecule has 0 saturated heterocycles. The summed E-state index contributed by atoms with van der Waals surface area (Å²) in [5.74, 6) is 2.83. The van der Waals surface area contributed by atoms with Crippen molar-refractivity contribution in [2.24, 2.45) is 0 Å². The zero-order valence-electron chi connectivity index (χ0n) is 16.6. The second-order valence-corrected chi connectivity index (χ2v) is 7.50. The number of ether oxygens (including phenoxy) is 2. The average Bonchev–Trinajstić information content (AvgIpc) is 3.16. The van der Waals surface area contributed by atoms with Crippen LogP contribution in [0.4, 0.5) is 5.82 Å². The molecular weight excluding hydrogens is 358 g/mol. The molecule has 2 aromatic heterocycles. The van der Waals surface area contributed by atoms with Crippen molar-refractivity contribution in [3.8, 4) is 11.5 Å². The summed E-state index contributed by atoms with van der Waals surface area (Å²) in [5.41, 5.74) is 2.12. The summed E-state index contributed by atoms with van der Waals surface area (Å²) < 4.78 is 10.8. The first-order valence-corrected chi connectivity index (χ1v) is 9.68. The lowest BCUT2D eigenvalue weighted by molar-refractivity contribution is 0.356. The quantitative estimate of drug-likeness (QED) is 0.599. The molecule has 6 heteroatoms. The van der Waals surface area contributed by atoms with E-state index < -0.39 is 0 Å². The molecule has 0 aliphatic rings. The Morgan fingerprint density at radius 3 is 2.52 bits per heavy atom. The summed E-state index contributed by atoms with van der Waals surface area (Å²) >= 11 is 1.80. The molecule has 27 heavy (non-hydrogen) atoms. The molecule has 1 aromatic carbocycles. The molecule has 1 atom stereocenters. The van der Waals surface area contributed by atoms with E-state index in [1.54, 1.807) is 25.6 Å². The minimum atomic E-state index is 0.124. The van der Waals surface area contributed by atoms with E-state index in [0.29, 0.717) is 17.3 Å². The maximum atomic E-state index is 5.45. The number of rotatable bonds is 6. The van der Waals surface area contributed by atoms with Crippen molar-refractivity contribution in [2.75, 3.05) is 19.5 Å². The molecule has 5 nitrogen and oxygen atoms in total. The van der Waals surface area contributed by atoms with E-state index in [2.05, 4.69) is 54.3 Å². The van der Waals surface area contributed by atoms with Crippen LogP contribution < -0.4 is 14.8 Å². The Hall–Kier alpha value is -2.60. The van der Waals surface area contributed by atoms with Crippen LogP contribution in [0.15, 0.2) is 30.3 Å². The SMILES string of the molecule is C/C=C(\C)c1ccc(C(C)Nc2nc(C)nc3cc(OC)c(OC)cc23)s1. The number of aryl methyl sites for hydroxylation is 1. The topological polar surface area (TPSA) is 56.3 Å². The first kappa shape index (κ1) is 19.2. The van der Waals surface area contributed by atoms with Gasteiger partial charge < -0.3 is 14.8 Å². The van der Waals surface area contributed by atoms with Crippen LogP contribution >= 0.6 is 11.3 Å². The molecule has 3 rings (SSSR count). The van der Waals surface area contributed by atoms with Crippen LogP contribution in [0.3, 0.4) is 0 Å². The number of nitrogens with zero attached hydrogens (tertiary/aromatic N) is 2. The summed E-state index contributed by atoms with van der Waals surface area (Å²) in [4.78, 5) is 11.7. The van der Waals surface area contributed by atoms with Crippen LogP contribution in [-0.4, -0.2) is 24.2 Å². The highest BCUT2D eigenvalue weighted by Gasteiger charge is 2.15. The number of allylic oxidation sites excluding steroid dienone is 2. The molecule has 0 spiro atoms. The van der Waals surface area contributed by atoms with Crippen LogP contribution in [0.5, 0.6) is 11.5 Å². The van der Waals surface area contributed by atoms with Gasteiger partial charge in [-0.1, -0.05) is 6.08 Å². The van der Waals surface area contributed by atoms with Crippen LogP contribution in [-0.2, 0) is 0 Å². The third kappa shape index (κ3) is 3.90. The van der Waals surface area contributed by atoms with Crippen molar-refractivity contribution in [3.63, 3.8) is 0 Å². The minimum Gasteiger partial charge on any atom is -0.493 e. The van der Waals surface area contributed by atoms with E-state index in [0.717, 1.165) is 16.7 Å². The second kappa shape index (κ2) is 7.96. The highest BCUT2D eigenvalue weighted by atomic mass is 32.1. The molecule has 0 radical (unpaired) electrons. The van der Waals surface area contributed by atoms with Gasteiger partial charge in [-0.25, -0.2) is 9.97 Å². The highest BCUT2D eigenvalue weighted by molar-refractivity contribution is 7.13. The van der Waals surface area contributed by atoms with Gasteiger partial charge in [-0.2, -0.15) is 0 Å². The number of nitrogens with one attached hydrogen (secondary N) is 1. The van der Waals surface area contributed by atoms with E-state index >= 15 is 0 Å². The number of thiophene rings is 1. The normalized spacial score (nSPS) is 12.9. The van der Waals surface area contributed by atoms with E-state index in [9.17, 15) is 0 Å². The van der Waals surface area contributed by atoms with Gasteiger partial charge in [0.15, 0.2) is 11.5 Å². The number of hydrogen-bond donors (Lipinski definition) is 1. The van der Waals surface area contributed by atoms with E-state index in [4.69, 9.17) is 9.47 Å².